The Bertz CT molecular complexity index is 2190. The fourth-order valence-electron chi connectivity index (χ4n) is 14.5. The van der Waals surface area contributed by atoms with Gasteiger partial charge in [-0.15, -0.1) is 0 Å². The molecule has 0 aromatic heterocycles. The smallest absolute Gasteiger partial charge is 0.0234 e. The van der Waals surface area contributed by atoms with E-state index in [0.29, 0.717) is 53.7 Å². The molecule has 6 heterocycles. The van der Waals surface area contributed by atoms with Crippen LogP contribution in [0.1, 0.15) is 229 Å². The number of benzene rings is 1. The number of hydrogen-bond acceptors (Lipinski definition) is 20. The molecule has 1 atom stereocenters. The van der Waals surface area contributed by atoms with Gasteiger partial charge in [-0.2, -0.15) is 0 Å². The monoisotopic (exact) mass is 1650 g/mol. The summed E-state index contributed by atoms with van der Waals surface area (Å²) in [7, 11) is 34.3. The molecule has 0 bridgehead atoms. The third-order valence-electron chi connectivity index (χ3n) is 23.3. The fraction of sp³-hybridized carbons (Fsp3) is 0.938. The van der Waals surface area contributed by atoms with E-state index in [2.05, 4.69) is 395 Å². The second kappa shape index (κ2) is 71.7. The first-order chi connectivity index (χ1) is 54.2. The van der Waals surface area contributed by atoms with Crippen molar-refractivity contribution in [2.45, 2.75) is 308 Å². The van der Waals surface area contributed by atoms with Crippen molar-refractivity contribution in [2.75, 3.05) is 283 Å². The van der Waals surface area contributed by atoms with Crippen LogP contribution in [0.15, 0.2) is 30.3 Å². The van der Waals surface area contributed by atoms with Gasteiger partial charge < -0.3 is 85.0 Å². The molecule has 20 heteroatoms. The zero-order chi connectivity index (χ0) is 89.1. The highest BCUT2D eigenvalue weighted by Gasteiger charge is 2.28. The predicted molar refractivity (Wildman–Crippen MR) is 521 cm³/mol. The SMILES string of the molecule is CC(C)N(C)C1CCN(C)CC1.CC(C)N(C)CCCN(C)C.CC(C)N(C)CCN(C)C.CC(C)N1CCC(N2CCCC2)CC1.CC(C)N1CCN(C)CC1.CC(C)N1CCN(Cc2ccccc2)CC1.CC(C)NCC(C)(C)CN(C)C.CC(C)NCCC1CCCN1C.CC(C)NCCCN(C)C.CC(C)NCCN(C)C. The second-order valence-corrected chi connectivity index (χ2v) is 40.1. The van der Waals surface area contributed by atoms with E-state index in [9.17, 15) is 0 Å². The quantitative estimate of drug-likeness (QED) is 0.0485. The molecule has 0 aliphatic carbocycles. The van der Waals surface area contributed by atoms with Gasteiger partial charge in [0.05, 0.1) is 0 Å². The van der Waals surface area contributed by atoms with Crippen molar-refractivity contribution < 1.29 is 0 Å². The van der Waals surface area contributed by atoms with Crippen molar-refractivity contribution >= 4 is 0 Å². The van der Waals surface area contributed by atoms with E-state index in [4.69, 9.17) is 0 Å². The molecule has 6 aliphatic heterocycles. The number of nitrogens with one attached hydrogen (secondary N) is 4. The number of likely N-dealkylation sites (tertiary alicyclic amines) is 4. The van der Waals surface area contributed by atoms with Crippen LogP contribution in [0, 0.1) is 5.41 Å². The van der Waals surface area contributed by atoms with Crippen molar-refractivity contribution in [3.8, 4) is 0 Å². The maximum Gasteiger partial charge on any atom is 0.0234 e. The lowest BCUT2D eigenvalue weighted by atomic mass is 9.93. The molecule has 0 radical (unpaired) electrons. The highest BCUT2D eigenvalue weighted by molar-refractivity contribution is 5.14. The van der Waals surface area contributed by atoms with Crippen LogP contribution in [0.3, 0.4) is 0 Å². The van der Waals surface area contributed by atoms with Crippen LogP contribution in [0.4, 0.5) is 0 Å². The Kier molecular flexibility index (Phi) is 73.3. The molecule has 1 aromatic rings. The van der Waals surface area contributed by atoms with Gasteiger partial charge in [0.25, 0.3) is 0 Å². The van der Waals surface area contributed by atoms with Gasteiger partial charge in [-0.05, 0) is 356 Å². The van der Waals surface area contributed by atoms with Crippen LogP contribution in [0.25, 0.3) is 0 Å². The highest BCUT2D eigenvalue weighted by atomic mass is 15.3. The maximum atomic E-state index is 3.47. The number of nitrogens with zero attached hydrogens (tertiary/aromatic N) is 16. The third-order valence-corrected chi connectivity index (χ3v) is 23.3. The average Bonchev–Trinajstić information content (AvgIpc) is 1.63. The molecule has 6 aliphatic rings. The van der Waals surface area contributed by atoms with Crippen molar-refractivity contribution in [1.29, 1.82) is 0 Å². The number of piperidine rings is 2. The van der Waals surface area contributed by atoms with Crippen molar-refractivity contribution in [1.82, 2.24) is 99.7 Å². The summed E-state index contributed by atoms with van der Waals surface area (Å²) in [5.41, 5.74) is 1.80. The number of hydrogen-bond donors (Lipinski definition) is 4. The Balaban J connectivity index is -0.00000123. The van der Waals surface area contributed by atoms with Crippen molar-refractivity contribution in [3.05, 3.63) is 35.9 Å². The van der Waals surface area contributed by atoms with Crippen LogP contribution in [0.2, 0.25) is 0 Å². The van der Waals surface area contributed by atoms with E-state index in [0.717, 1.165) is 82.6 Å². The van der Waals surface area contributed by atoms with Gasteiger partial charge in [0.1, 0.15) is 0 Å². The molecule has 6 saturated heterocycles. The highest BCUT2D eigenvalue weighted by Crippen LogP contribution is 2.23. The van der Waals surface area contributed by atoms with E-state index in [-0.39, 0.29) is 0 Å². The first-order valence-corrected chi connectivity index (χ1v) is 47.3. The Morgan fingerprint density at radius 3 is 1.22 bits per heavy atom. The lowest BCUT2D eigenvalue weighted by Gasteiger charge is -2.38. The largest absolute Gasteiger partial charge is 0.314 e. The standard InChI is InChI=1S/C14H22N2.C12H24N2.2C10H22N2.C10H24N2.C9H22N2.C8H18N2.2C8H20N2.C7H18N2/c1-13(2)16-10-8-15(9-11-16)12-14-6-4-3-5-7-14;1-11(2)13-9-5-12(6-10-13)14-7-3-4-8-14;1-9(2)12(4)10-5-7-11(3)8-6-10;1-9(2)11-7-6-10-5-4-8-12(10)3;1-9(2)11-7-10(3,4)8-12(5)6;1-9(2)11(5)8-6-7-10(3)4;1-8(2)10-6-4-9(3)5-7-10;1-8(2)10(5)7-6-9(3)4;1-8(2)9-6-5-7-10(3)4;1-7(2)8-5-6-9(3)4/h3-7,13H,8-12H2,1-2H3;11-12H,3-10H2,1-2H3;9-10H,5-8H2,1-4H3;9-11H,4-8H2,1-3H3;9,11H,7-8H2,1-6H3;9H,6-8H2,1-5H3;8H,4-7H2,1-3H3;8H,6-7H2,1-5H3;8-9H,5-7H2,1-4H3;7-8H,5-6H2,1-4H3. The molecule has 4 N–H and O–H groups in total. The Morgan fingerprint density at radius 2 is 0.802 bits per heavy atom. The molecule has 7 rings (SSSR count). The summed E-state index contributed by atoms with van der Waals surface area (Å²) < 4.78 is 0. The van der Waals surface area contributed by atoms with Crippen LogP contribution in [-0.4, -0.2) is 440 Å². The second-order valence-electron chi connectivity index (χ2n) is 40.1. The van der Waals surface area contributed by atoms with Crippen LogP contribution < -0.4 is 21.3 Å². The number of likely N-dealkylation sites (N-methyl/N-ethyl adjacent to an activating group) is 4. The van der Waals surface area contributed by atoms with Crippen molar-refractivity contribution in [3.63, 3.8) is 0 Å². The fourth-order valence-corrected chi connectivity index (χ4v) is 14.5. The molecule has 116 heavy (non-hydrogen) atoms. The molecule has 0 amide bonds. The molecule has 0 spiro atoms. The molecular formula is C96H212N20. The minimum Gasteiger partial charge on any atom is -0.314 e. The third kappa shape index (κ3) is 70.8. The van der Waals surface area contributed by atoms with E-state index in [1.54, 1.807) is 0 Å². The zero-order valence-electron chi connectivity index (χ0n) is 85.4. The topological polar surface area (TPSA) is 100.0 Å². The summed E-state index contributed by atoms with van der Waals surface area (Å²) in [6, 6.07) is 20.0. The van der Waals surface area contributed by atoms with Crippen LogP contribution >= 0.6 is 0 Å². The van der Waals surface area contributed by atoms with Gasteiger partial charge in [0.2, 0.25) is 0 Å². The Labute approximate surface area is 728 Å². The van der Waals surface area contributed by atoms with Gasteiger partial charge in [-0.25, -0.2) is 0 Å². The van der Waals surface area contributed by atoms with Gasteiger partial charge >= 0.3 is 0 Å². The van der Waals surface area contributed by atoms with Gasteiger partial charge in [0.15, 0.2) is 0 Å². The van der Waals surface area contributed by atoms with E-state index in [1.807, 2.05) is 0 Å². The summed E-state index contributed by atoms with van der Waals surface area (Å²) in [5, 5.41) is 13.6. The van der Waals surface area contributed by atoms with Gasteiger partial charge in [0, 0.05) is 177 Å². The van der Waals surface area contributed by atoms with Crippen LogP contribution in [-0.2, 0) is 6.54 Å². The van der Waals surface area contributed by atoms with E-state index in [1.165, 1.54) is 201 Å². The first-order valence-electron chi connectivity index (χ1n) is 47.3. The lowest BCUT2D eigenvalue weighted by molar-refractivity contribution is 0.104. The Morgan fingerprint density at radius 1 is 0.379 bits per heavy atom. The maximum absolute atomic E-state index is 3.47. The summed E-state index contributed by atoms with van der Waals surface area (Å²) in [6.07, 6.45) is 15.0. The Hall–Kier alpha value is -1.58. The summed E-state index contributed by atoms with van der Waals surface area (Å²) in [4.78, 5) is 38.6. The minimum atomic E-state index is 0.369. The minimum absolute atomic E-state index is 0.369. The molecule has 1 unspecified atom stereocenters. The molecule has 6 fully saturated rings. The average molecular weight is 1650 g/mol. The van der Waals surface area contributed by atoms with Crippen molar-refractivity contribution in [2.24, 2.45) is 5.41 Å². The molecular weight excluding hydrogens is 1430 g/mol. The van der Waals surface area contributed by atoms with E-state index < -0.39 is 0 Å². The molecule has 20 nitrogen and oxygen atoms in total. The van der Waals surface area contributed by atoms with Gasteiger partial charge in [-0.3, -0.25) is 14.7 Å². The van der Waals surface area contributed by atoms with E-state index >= 15 is 0 Å². The predicted octanol–water partition coefficient (Wildman–Crippen LogP) is 12.9. The van der Waals surface area contributed by atoms with Gasteiger partial charge in [-0.1, -0.05) is 99.6 Å². The van der Waals surface area contributed by atoms with Crippen LogP contribution in [0.5, 0.6) is 0 Å². The first kappa shape index (κ1) is 119. The molecule has 696 valence electrons. The summed E-state index contributed by atoms with van der Waals surface area (Å²) in [5.74, 6) is 0. The zero-order valence-corrected chi connectivity index (χ0v) is 85.4. The normalized spacial score (nSPS) is 18.4. The number of piperazine rings is 2. The number of rotatable bonds is 35. The molecule has 0 saturated carbocycles. The lowest BCUT2D eigenvalue weighted by Crippen LogP contribution is -2.48. The summed E-state index contributed by atoms with van der Waals surface area (Å²) >= 11 is 0. The molecule has 1 aromatic carbocycles. The summed E-state index contributed by atoms with van der Waals surface area (Å²) in [6.45, 7) is 81.9.